The van der Waals surface area contributed by atoms with Crippen LogP contribution in [-0.2, 0) is 0 Å². The molecule has 0 amide bonds. The van der Waals surface area contributed by atoms with Gasteiger partial charge in [0.15, 0.2) is 23.1 Å². The lowest BCUT2D eigenvalue weighted by atomic mass is 9.76. The quantitative estimate of drug-likeness (QED) is 0.113. The van der Waals surface area contributed by atoms with Crippen LogP contribution in [0.25, 0.3) is 12.2 Å². The summed E-state index contributed by atoms with van der Waals surface area (Å²) in [5, 5.41) is 0. The molecule has 2 aromatic rings. The van der Waals surface area contributed by atoms with Crippen molar-refractivity contribution in [3.05, 3.63) is 83.0 Å². The molecule has 3 aliphatic rings. The number of halogens is 4. The van der Waals surface area contributed by atoms with Crippen molar-refractivity contribution in [2.45, 2.75) is 128 Å². The molecule has 0 N–H and O–H groups in total. The maximum Gasteiger partial charge on any atom is 0.201 e. The van der Waals surface area contributed by atoms with E-state index in [2.05, 4.69) is 27.0 Å². The Morgan fingerprint density at radius 1 is 0.729 bits per heavy atom. The first-order valence-electron chi connectivity index (χ1n) is 18.5. The molecule has 0 saturated heterocycles. The Labute approximate surface area is 286 Å². The van der Waals surface area contributed by atoms with Gasteiger partial charge in [-0.25, -0.2) is 8.78 Å². The van der Waals surface area contributed by atoms with Crippen LogP contribution in [0.3, 0.4) is 0 Å². The average Bonchev–Trinajstić information content (AvgIpc) is 3.12. The predicted octanol–water partition coefficient (Wildman–Crippen LogP) is 13.3. The van der Waals surface area contributed by atoms with Crippen LogP contribution >= 0.6 is 0 Å². The summed E-state index contributed by atoms with van der Waals surface area (Å²) in [5.74, 6) is -1.43. The zero-order valence-corrected chi connectivity index (χ0v) is 29.2. The van der Waals surface area contributed by atoms with E-state index in [9.17, 15) is 17.6 Å². The van der Waals surface area contributed by atoms with Crippen molar-refractivity contribution in [3.63, 3.8) is 0 Å². The van der Waals surface area contributed by atoms with Crippen molar-refractivity contribution in [1.82, 2.24) is 0 Å². The van der Waals surface area contributed by atoms with Crippen molar-refractivity contribution in [3.8, 4) is 11.5 Å². The first-order chi connectivity index (χ1) is 23.3. The van der Waals surface area contributed by atoms with Gasteiger partial charge in [-0.3, -0.25) is 0 Å². The minimum absolute atomic E-state index is 0.0654. The van der Waals surface area contributed by atoms with Crippen LogP contribution in [-0.4, -0.2) is 13.2 Å². The molecule has 2 nitrogen and oxygen atoms in total. The number of ether oxygens (including phenoxy) is 2. The third kappa shape index (κ3) is 9.79. The van der Waals surface area contributed by atoms with Gasteiger partial charge in [0.2, 0.25) is 11.6 Å². The standard InChI is InChI=1S/C22H30F2O.C20H26F2O/c1-4-7-8-9-16-10-12-18(13-11-16)19-15-17(6-3)22(25-14-5-2)21(24)20(19)23;1-2-3-4-6-14-8-10-15(11-9-14)17-13-16-7-5-12-23-20(16)19(22)18(17)21/h5-6,15-16,18H,2-4,7-14H2,1H3;5,7,13-15H,2-4,6,8-12H2,1H3. The molecule has 48 heavy (non-hydrogen) atoms. The number of benzene rings is 2. The van der Waals surface area contributed by atoms with E-state index in [-0.39, 0.29) is 29.9 Å². The summed E-state index contributed by atoms with van der Waals surface area (Å²) < 4.78 is 68.3. The summed E-state index contributed by atoms with van der Waals surface area (Å²) >= 11 is 0. The van der Waals surface area contributed by atoms with E-state index in [0.29, 0.717) is 28.9 Å². The van der Waals surface area contributed by atoms with E-state index in [0.717, 1.165) is 63.2 Å². The third-order valence-electron chi connectivity index (χ3n) is 10.6. The molecule has 2 aromatic carbocycles. The van der Waals surface area contributed by atoms with Crippen molar-refractivity contribution in [2.75, 3.05) is 13.2 Å². The third-order valence-corrected chi connectivity index (χ3v) is 10.6. The number of rotatable bonds is 14. The van der Waals surface area contributed by atoms with Crippen LogP contribution in [0.4, 0.5) is 17.6 Å². The van der Waals surface area contributed by atoms with Gasteiger partial charge in [0, 0.05) is 11.1 Å². The highest BCUT2D eigenvalue weighted by molar-refractivity contribution is 5.61. The van der Waals surface area contributed by atoms with Crippen molar-refractivity contribution < 1.29 is 27.0 Å². The second-order valence-corrected chi connectivity index (χ2v) is 14.0. The fourth-order valence-electron chi connectivity index (χ4n) is 7.80. The van der Waals surface area contributed by atoms with Gasteiger partial charge in [0.05, 0.1) is 0 Å². The Morgan fingerprint density at radius 2 is 1.27 bits per heavy atom. The van der Waals surface area contributed by atoms with Gasteiger partial charge in [-0.2, -0.15) is 8.78 Å². The van der Waals surface area contributed by atoms with Crippen LogP contribution in [0.5, 0.6) is 11.5 Å². The van der Waals surface area contributed by atoms with Gasteiger partial charge < -0.3 is 9.47 Å². The molecular weight excluding hydrogens is 612 g/mol. The number of hydrogen-bond donors (Lipinski definition) is 0. The number of hydrogen-bond acceptors (Lipinski definition) is 2. The summed E-state index contributed by atoms with van der Waals surface area (Å²) in [6.07, 6.45) is 25.2. The molecule has 2 fully saturated rings. The summed E-state index contributed by atoms with van der Waals surface area (Å²) in [7, 11) is 0. The van der Waals surface area contributed by atoms with Gasteiger partial charge in [-0.15, -0.1) is 0 Å². The second kappa shape index (κ2) is 19.2. The van der Waals surface area contributed by atoms with E-state index in [1.807, 2.05) is 12.2 Å². The van der Waals surface area contributed by atoms with E-state index >= 15 is 0 Å². The molecule has 0 radical (unpaired) electrons. The SMILES string of the molecule is C=CCOc1c(C=C)cc(C2CCC(CCCCC)CC2)c(F)c1F.CCCCCC1CCC(c2cc3c(c(F)c2F)OCC=C3)CC1. The van der Waals surface area contributed by atoms with Crippen molar-refractivity contribution in [1.29, 1.82) is 0 Å². The first-order valence-corrected chi connectivity index (χ1v) is 18.5. The molecule has 1 aliphatic heterocycles. The molecule has 6 heteroatoms. The molecular formula is C42H56F4O2. The molecule has 1 heterocycles. The van der Waals surface area contributed by atoms with Crippen LogP contribution in [0, 0.1) is 35.1 Å². The molecule has 2 saturated carbocycles. The molecule has 0 bridgehead atoms. The number of unbranched alkanes of at least 4 members (excludes halogenated alkanes) is 4. The van der Waals surface area contributed by atoms with Gasteiger partial charge in [-0.05, 0) is 104 Å². The van der Waals surface area contributed by atoms with Gasteiger partial charge in [0.1, 0.15) is 13.2 Å². The Kier molecular flexibility index (Phi) is 15.1. The summed E-state index contributed by atoms with van der Waals surface area (Å²) in [5.41, 5.74) is 2.21. The Bertz CT molecular complexity index is 1370. The highest BCUT2D eigenvalue weighted by Crippen LogP contribution is 2.43. The molecule has 0 atom stereocenters. The normalized spacial score (nSPS) is 21.8. The lowest BCUT2D eigenvalue weighted by Crippen LogP contribution is -2.16. The fourth-order valence-corrected chi connectivity index (χ4v) is 7.80. The smallest absolute Gasteiger partial charge is 0.201 e. The molecule has 5 rings (SSSR count). The average molecular weight is 669 g/mol. The Morgan fingerprint density at radius 3 is 1.79 bits per heavy atom. The maximum atomic E-state index is 14.6. The lowest BCUT2D eigenvalue weighted by molar-refractivity contribution is 0.294. The minimum atomic E-state index is -0.903. The predicted molar refractivity (Wildman–Crippen MR) is 191 cm³/mol. The lowest BCUT2D eigenvalue weighted by Gasteiger charge is -2.29. The topological polar surface area (TPSA) is 18.5 Å². The number of fused-ring (bicyclic) bond motifs is 1. The molecule has 0 unspecified atom stereocenters. The Balaban J connectivity index is 0.000000217. The zero-order valence-electron chi connectivity index (χ0n) is 29.2. The highest BCUT2D eigenvalue weighted by Gasteiger charge is 2.29. The second-order valence-electron chi connectivity index (χ2n) is 14.0. The van der Waals surface area contributed by atoms with Crippen LogP contribution < -0.4 is 9.47 Å². The maximum absolute atomic E-state index is 14.6. The summed E-state index contributed by atoms with van der Waals surface area (Å²) in [6.45, 7) is 12.1. The van der Waals surface area contributed by atoms with Crippen LogP contribution in [0.1, 0.15) is 151 Å². The van der Waals surface area contributed by atoms with Gasteiger partial charge in [0.25, 0.3) is 0 Å². The van der Waals surface area contributed by atoms with E-state index in [4.69, 9.17) is 9.47 Å². The molecule has 0 spiro atoms. The van der Waals surface area contributed by atoms with Crippen molar-refractivity contribution in [2.24, 2.45) is 11.8 Å². The summed E-state index contributed by atoms with van der Waals surface area (Å²) in [6, 6.07) is 3.51. The largest absolute Gasteiger partial charge is 0.486 e. The van der Waals surface area contributed by atoms with Gasteiger partial charge in [-0.1, -0.05) is 96.6 Å². The minimum Gasteiger partial charge on any atom is -0.486 e. The van der Waals surface area contributed by atoms with E-state index in [1.54, 1.807) is 12.1 Å². The zero-order chi connectivity index (χ0) is 34.5. The Hall–Kier alpha value is -3.02. The van der Waals surface area contributed by atoms with Crippen molar-refractivity contribution >= 4 is 12.2 Å². The summed E-state index contributed by atoms with van der Waals surface area (Å²) in [4.78, 5) is 0. The monoisotopic (exact) mass is 668 g/mol. The fraction of sp³-hybridized carbons (Fsp3) is 0.571. The first kappa shape index (κ1) is 37.8. The van der Waals surface area contributed by atoms with Crippen LogP contribution in [0.15, 0.2) is 37.4 Å². The highest BCUT2D eigenvalue weighted by atomic mass is 19.2. The molecule has 2 aliphatic carbocycles. The van der Waals surface area contributed by atoms with E-state index < -0.39 is 23.3 Å². The van der Waals surface area contributed by atoms with E-state index in [1.165, 1.54) is 63.5 Å². The molecule has 264 valence electrons. The molecule has 0 aromatic heterocycles. The van der Waals surface area contributed by atoms with Gasteiger partial charge >= 0.3 is 0 Å². The van der Waals surface area contributed by atoms with Crippen LogP contribution in [0.2, 0.25) is 0 Å².